The number of esters is 1. The van der Waals surface area contributed by atoms with E-state index in [9.17, 15) is 9.59 Å². The van der Waals surface area contributed by atoms with Gasteiger partial charge in [0, 0.05) is 5.69 Å². The largest absolute Gasteiger partial charge is 0.497 e. The summed E-state index contributed by atoms with van der Waals surface area (Å²) < 4.78 is 10.6. The molecule has 1 aliphatic rings. The number of benzene rings is 3. The molecule has 0 aromatic heterocycles. The number of amides is 1. The number of carbonyl (C=O) groups excluding carboxylic acids is 2. The predicted molar refractivity (Wildman–Crippen MR) is 161 cm³/mol. The second-order valence-corrected chi connectivity index (χ2v) is 11.2. The molecule has 0 spiro atoms. The molecule has 2 atom stereocenters. The molecular formula is C35H39NO4. The van der Waals surface area contributed by atoms with Gasteiger partial charge in [0.1, 0.15) is 5.75 Å². The summed E-state index contributed by atoms with van der Waals surface area (Å²) >= 11 is 0. The van der Waals surface area contributed by atoms with Crippen LogP contribution in [0.3, 0.4) is 0 Å². The maximum atomic E-state index is 14.1. The Bertz CT molecular complexity index is 1440. The van der Waals surface area contributed by atoms with E-state index < -0.39 is 11.3 Å². The van der Waals surface area contributed by atoms with Crippen LogP contribution in [0.25, 0.3) is 5.57 Å². The number of methoxy groups -OCH3 is 2. The third kappa shape index (κ3) is 5.46. The van der Waals surface area contributed by atoms with Crippen molar-refractivity contribution < 1.29 is 19.1 Å². The van der Waals surface area contributed by atoms with Crippen molar-refractivity contribution in [2.45, 2.75) is 47.6 Å². The molecule has 3 aromatic rings. The van der Waals surface area contributed by atoms with Gasteiger partial charge in [0.05, 0.1) is 31.6 Å². The van der Waals surface area contributed by atoms with E-state index >= 15 is 0 Å². The maximum Gasteiger partial charge on any atom is 0.315 e. The van der Waals surface area contributed by atoms with Crippen LogP contribution in [0.2, 0.25) is 0 Å². The molecule has 5 heteroatoms. The highest BCUT2D eigenvalue weighted by Gasteiger charge is 2.50. The molecule has 0 unspecified atom stereocenters. The Labute approximate surface area is 238 Å². The third-order valence-electron chi connectivity index (χ3n) is 7.81. The Kier molecular flexibility index (Phi) is 8.34. The van der Waals surface area contributed by atoms with Gasteiger partial charge in [-0.25, -0.2) is 0 Å². The summed E-state index contributed by atoms with van der Waals surface area (Å²) in [6, 6.07) is 23.9. The highest BCUT2D eigenvalue weighted by Crippen LogP contribution is 2.49. The van der Waals surface area contributed by atoms with Gasteiger partial charge in [-0.2, -0.15) is 0 Å². The molecule has 1 amide bonds. The van der Waals surface area contributed by atoms with Crippen LogP contribution in [-0.4, -0.2) is 26.1 Å². The van der Waals surface area contributed by atoms with E-state index in [1.165, 1.54) is 7.11 Å². The van der Waals surface area contributed by atoms with Crippen LogP contribution in [0.15, 0.2) is 90.0 Å². The first kappa shape index (κ1) is 28.9. The molecule has 1 saturated heterocycles. The van der Waals surface area contributed by atoms with E-state index in [1.807, 2.05) is 94.1 Å². The number of aryl methyl sites for hydroxylation is 2. The number of β-lactam (4-membered cyclic amide) rings is 1. The van der Waals surface area contributed by atoms with Crippen molar-refractivity contribution >= 4 is 23.1 Å². The lowest BCUT2D eigenvalue weighted by Gasteiger charge is -2.48. The number of rotatable bonds is 8. The van der Waals surface area contributed by atoms with Crippen molar-refractivity contribution in [3.05, 3.63) is 112 Å². The van der Waals surface area contributed by atoms with Crippen LogP contribution in [0.1, 0.15) is 56.0 Å². The molecule has 1 heterocycles. The van der Waals surface area contributed by atoms with E-state index in [0.717, 1.165) is 50.4 Å². The van der Waals surface area contributed by atoms with Crippen LogP contribution in [0.4, 0.5) is 5.69 Å². The topological polar surface area (TPSA) is 55.8 Å². The predicted octanol–water partition coefficient (Wildman–Crippen LogP) is 7.64. The number of nitrogens with zero attached hydrogens (tertiary/aromatic N) is 1. The van der Waals surface area contributed by atoms with Gasteiger partial charge in [0.15, 0.2) is 0 Å². The number of hydrogen-bond donors (Lipinski definition) is 0. The van der Waals surface area contributed by atoms with Crippen molar-refractivity contribution in [3.63, 3.8) is 0 Å². The number of anilines is 1. The third-order valence-corrected chi connectivity index (χ3v) is 7.81. The van der Waals surface area contributed by atoms with Gasteiger partial charge in [0.25, 0.3) is 0 Å². The quantitative estimate of drug-likeness (QED) is 0.168. The van der Waals surface area contributed by atoms with Crippen LogP contribution < -0.4 is 9.64 Å². The van der Waals surface area contributed by atoms with Crippen LogP contribution in [0.5, 0.6) is 5.75 Å². The van der Waals surface area contributed by atoms with E-state index in [1.54, 1.807) is 7.11 Å². The van der Waals surface area contributed by atoms with E-state index in [0.29, 0.717) is 0 Å². The van der Waals surface area contributed by atoms with Crippen LogP contribution >= 0.6 is 0 Å². The van der Waals surface area contributed by atoms with Gasteiger partial charge in [0.2, 0.25) is 5.91 Å². The van der Waals surface area contributed by atoms with Gasteiger partial charge in [-0.05, 0) is 88.1 Å². The summed E-state index contributed by atoms with van der Waals surface area (Å²) in [5, 5.41) is 0. The first-order valence-electron chi connectivity index (χ1n) is 13.6. The monoisotopic (exact) mass is 537 g/mol. The average molecular weight is 538 g/mol. The Morgan fingerprint density at radius 1 is 0.850 bits per heavy atom. The standard InChI is InChI=1S/C35H39NO4/c1-22(2)29(21-30(35(5,6)34(38)40-8)25-13-9-23(3)10-14-25)31-32(26-15-11-24(4)12-16-26)36(33(31)37)27-17-19-28(39-7)20-18-27/h9-21,31-32H,1-8H3/b30-21-/t31-,32-/m1/s1. The summed E-state index contributed by atoms with van der Waals surface area (Å²) in [4.78, 5) is 28.9. The summed E-state index contributed by atoms with van der Waals surface area (Å²) in [6.07, 6.45) is 2.05. The maximum absolute atomic E-state index is 14.1. The Morgan fingerprint density at radius 2 is 1.40 bits per heavy atom. The number of allylic oxidation sites excluding steroid dienone is 2. The first-order valence-corrected chi connectivity index (χ1v) is 13.6. The van der Waals surface area contributed by atoms with Gasteiger partial charge < -0.3 is 14.4 Å². The average Bonchev–Trinajstić information content (AvgIpc) is 2.94. The molecule has 1 fully saturated rings. The minimum atomic E-state index is -0.938. The number of hydrogen-bond acceptors (Lipinski definition) is 4. The van der Waals surface area contributed by atoms with Gasteiger partial charge in [-0.15, -0.1) is 0 Å². The van der Waals surface area contributed by atoms with Crippen LogP contribution in [-0.2, 0) is 14.3 Å². The molecule has 0 radical (unpaired) electrons. The zero-order valence-electron chi connectivity index (χ0n) is 24.7. The Morgan fingerprint density at radius 3 is 1.90 bits per heavy atom. The summed E-state index contributed by atoms with van der Waals surface area (Å²) in [7, 11) is 3.04. The minimum absolute atomic E-state index is 0.0160. The molecular weight excluding hydrogens is 498 g/mol. The van der Waals surface area contributed by atoms with Gasteiger partial charge in [-0.3, -0.25) is 9.59 Å². The fourth-order valence-corrected chi connectivity index (χ4v) is 5.35. The minimum Gasteiger partial charge on any atom is -0.497 e. The smallest absolute Gasteiger partial charge is 0.315 e. The molecule has 0 aliphatic carbocycles. The molecule has 3 aromatic carbocycles. The fourth-order valence-electron chi connectivity index (χ4n) is 5.35. The van der Waals surface area contributed by atoms with Gasteiger partial charge >= 0.3 is 5.97 Å². The van der Waals surface area contributed by atoms with Crippen molar-refractivity contribution in [2.75, 3.05) is 19.1 Å². The van der Waals surface area contributed by atoms with Crippen LogP contribution in [0, 0.1) is 25.2 Å². The molecule has 0 saturated carbocycles. The molecule has 0 bridgehead atoms. The second-order valence-electron chi connectivity index (χ2n) is 11.2. The zero-order valence-corrected chi connectivity index (χ0v) is 24.7. The fraction of sp³-hybridized carbons (Fsp3) is 0.314. The first-order chi connectivity index (χ1) is 19.0. The SMILES string of the molecule is COC(=O)C(C)(C)/C(=C\C(=C(C)C)[C@H]1C(=O)N(c2ccc(OC)cc2)[C@@H]1c1ccc(C)cc1)c1ccc(C)cc1. The molecule has 1 aliphatic heterocycles. The van der Waals surface area contributed by atoms with E-state index in [2.05, 4.69) is 31.2 Å². The Balaban J connectivity index is 1.88. The Hall–Kier alpha value is -4.12. The summed E-state index contributed by atoms with van der Waals surface area (Å²) in [5.74, 6) is 0.00852. The lowest BCUT2D eigenvalue weighted by Crippen LogP contribution is -2.56. The number of carbonyl (C=O) groups is 2. The van der Waals surface area contributed by atoms with E-state index in [4.69, 9.17) is 9.47 Å². The summed E-state index contributed by atoms with van der Waals surface area (Å²) in [5.41, 5.74) is 6.89. The van der Waals surface area contributed by atoms with Crippen molar-refractivity contribution in [2.24, 2.45) is 11.3 Å². The molecule has 40 heavy (non-hydrogen) atoms. The second kappa shape index (κ2) is 11.5. The molecule has 0 N–H and O–H groups in total. The highest BCUT2D eigenvalue weighted by molar-refractivity contribution is 6.06. The van der Waals surface area contributed by atoms with E-state index in [-0.39, 0.29) is 17.9 Å². The normalized spacial score (nSPS) is 17.2. The number of ether oxygens (including phenoxy) is 2. The summed E-state index contributed by atoms with van der Waals surface area (Å²) in [6.45, 7) is 11.9. The van der Waals surface area contributed by atoms with Crippen molar-refractivity contribution in [3.8, 4) is 5.75 Å². The lowest BCUT2D eigenvalue weighted by atomic mass is 9.72. The highest BCUT2D eigenvalue weighted by atomic mass is 16.5. The lowest BCUT2D eigenvalue weighted by molar-refractivity contribution is -0.147. The van der Waals surface area contributed by atoms with Crippen molar-refractivity contribution in [1.29, 1.82) is 0 Å². The molecule has 208 valence electrons. The van der Waals surface area contributed by atoms with Gasteiger partial charge in [-0.1, -0.05) is 71.3 Å². The molecule has 4 rings (SSSR count). The van der Waals surface area contributed by atoms with Crippen molar-refractivity contribution in [1.82, 2.24) is 0 Å². The molecule has 5 nitrogen and oxygen atoms in total. The zero-order chi connectivity index (χ0) is 29.2.